The first-order valence-corrected chi connectivity index (χ1v) is 7.40. The van der Waals surface area contributed by atoms with E-state index < -0.39 is 0 Å². The van der Waals surface area contributed by atoms with Gasteiger partial charge in [-0.05, 0) is 34.2 Å². The van der Waals surface area contributed by atoms with E-state index in [9.17, 15) is 0 Å². The Kier molecular flexibility index (Phi) is 4.60. The predicted octanol–water partition coefficient (Wildman–Crippen LogP) is 4.69. The summed E-state index contributed by atoms with van der Waals surface area (Å²) in [5, 5.41) is 0.594. The van der Waals surface area contributed by atoms with Gasteiger partial charge in [-0.2, -0.15) is 0 Å². The van der Waals surface area contributed by atoms with Crippen molar-refractivity contribution in [1.29, 1.82) is 0 Å². The smallest absolute Gasteiger partial charge is 0.137 e. The Morgan fingerprint density at radius 1 is 1.00 bits per heavy atom. The summed E-state index contributed by atoms with van der Waals surface area (Å²) in [4.78, 5) is 0. The maximum Gasteiger partial charge on any atom is 0.137 e. The summed E-state index contributed by atoms with van der Waals surface area (Å²) in [6.45, 7) is 6.60. The van der Waals surface area contributed by atoms with Gasteiger partial charge in [-0.3, -0.25) is 0 Å². The topological polar surface area (TPSA) is 35.2 Å². The fourth-order valence-corrected chi connectivity index (χ4v) is 2.45. The first-order chi connectivity index (χ1) is 9.82. The van der Waals surface area contributed by atoms with Gasteiger partial charge < -0.3 is 10.5 Å². The van der Waals surface area contributed by atoms with Crippen molar-refractivity contribution in [2.75, 3.05) is 7.11 Å². The fraction of sp³-hybridized carbons (Fsp3) is 0.333. The molecule has 0 radical (unpaired) electrons. The summed E-state index contributed by atoms with van der Waals surface area (Å²) in [5.74, 6) is 0.649. The van der Waals surface area contributed by atoms with E-state index in [1.807, 2.05) is 18.2 Å². The Balaban J connectivity index is 2.29. The standard InChI is InChI=1S/C18H22ClNO/c1-18(2,3)14-8-5-12(6-9-14)17(20)13-7-10-15(19)16(11-13)21-4/h5-11,17H,20H2,1-4H3. The minimum Gasteiger partial charge on any atom is -0.495 e. The average molecular weight is 304 g/mol. The molecule has 0 amide bonds. The summed E-state index contributed by atoms with van der Waals surface area (Å²) in [6.07, 6.45) is 0. The van der Waals surface area contributed by atoms with Crippen molar-refractivity contribution in [3.63, 3.8) is 0 Å². The normalized spacial score (nSPS) is 13.0. The van der Waals surface area contributed by atoms with Crippen molar-refractivity contribution in [2.24, 2.45) is 5.73 Å². The average Bonchev–Trinajstić information content (AvgIpc) is 2.46. The van der Waals surface area contributed by atoms with E-state index in [1.165, 1.54) is 5.56 Å². The molecule has 0 aliphatic heterocycles. The van der Waals surface area contributed by atoms with E-state index in [0.29, 0.717) is 10.8 Å². The summed E-state index contributed by atoms with van der Waals surface area (Å²) >= 11 is 6.05. The monoisotopic (exact) mass is 303 g/mol. The molecule has 112 valence electrons. The highest BCUT2D eigenvalue weighted by Crippen LogP contribution is 2.30. The van der Waals surface area contributed by atoms with Crippen molar-refractivity contribution >= 4 is 11.6 Å². The largest absolute Gasteiger partial charge is 0.495 e. The van der Waals surface area contributed by atoms with Crippen LogP contribution in [0.15, 0.2) is 42.5 Å². The van der Waals surface area contributed by atoms with E-state index in [0.717, 1.165) is 11.1 Å². The maximum absolute atomic E-state index is 6.35. The van der Waals surface area contributed by atoms with Gasteiger partial charge in [0.25, 0.3) is 0 Å². The molecule has 2 aromatic carbocycles. The third kappa shape index (κ3) is 3.58. The lowest BCUT2D eigenvalue weighted by atomic mass is 9.86. The lowest BCUT2D eigenvalue weighted by molar-refractivity contribution is 0.414. The molecule has 2 aromatic rings. The van der Waals surface area contributed by atoms with Gasteiger partial charge >= 0.3 is 0 Å². The Morgan fingerprint density at radius 2 is 1.57 bits per heavy atom. The second-order valence-electron chi connectivity index (χ2n) is 6.24. The molecule has 2 N–H and O–H groups in total. The van der Waals surface area contributed by atoms with Crippen LogP contribution in [0, 0.1) is 0 Å². The Hall–Kier alpha value is -1.51. The fourth-order valence-electron chi connectivity index (χ4n) is 2.25. The van der Waals surface area contributed by atoms with Gasteiger partial charge in [0.15, 0.2) is 0 Å². The molecule has 0 saturated carbocycles. The van der Waals surface area contributed by atoms with Gasteiger partial charge in [0.2, 0.25) is 0 Å². The number of rotatable bonds is 3. The van der Waals surface area contributed by atoms with Crippen molar-refractivity contribution < 1.29 is 4.74 Å². The van der Waals surface area contributed by atoms with Crippen LogP contribution in [0.1, 0.15) is 43.5 Å². The van der Waals surface area contributed by atoms with Crippen LogP contribution < -0.4 is 10.5 Å². The number of nitrogens with two attached hydrogens (primary N) is 1. The molecule has 1 atom stereocenters. The number of ether oxygens (including phenoxy) is 1. The second kappa shape index (κ2) is 6.08. The predicted molar refractivity (Wildman–Crippen MR) is 89.2 cm³/mol. The van der Waals surface area contributed by atoms with Crippen molar-refractivity contribution in [2.45, 2.75) is 32.2 Å². The van der Waals surface area contributed by atoms with Gasteiger partial charge in [0.1, 0.15) is 5.75 Å². The molecule has 0 bridgehead atoms. The SMILES string of the molecule is COc1cc(C(N)c2ccc(C(C)(C)C)cc2)ccc1Cl. The summed E-state index contributed by atoms with van der Waals surface area (Å²) in [5.41, 5.74) is 9.86. The van der Waals surface area contributed by atoms with Gasteiger partial charge in [0.05, 0.1) is 18.2 Å². The van der Waals surface area contributed by atoms with Gasteiger partial charge in [-0.1, -0.05) is 62.7 Å². The van der Waals surface area contributed by atoms with Crippen LogP contribution in [0.25, 0.3) is 0 Å². The first-order valence-electron chi connectivity index (χ1n) is 7.02. The summed E-state index contributed by atoms with van der Waals surface area (Å²) in [7, 11) is 1.61. The van der Waals surface area contributed by atoms with Crippen molar-refractivity contribution in [3.05, 3.63) is 64.2 Å². The Bertz CT molecular complexity index is 614. The summed E-state index contributed by atoms with van der Waals surface area (Å²) < 4.78 is 5.25. The number of halogens is 1. The molecule has 0 spiro atoms. The first kappa shape index (κ1) is 15.9. The maximum atomic E-state index is 6.35. The van der Waals surface area contributed by atoms with Crippen molar-refractivity contribution in [3.8, 4) is 5.75 Å². The molecular formula is C18H22ClNO. The van der Waals surface area contributed by atoms with Crippen molar-refractivity contribution in [1.82, 2.24) is 0 Å². The van der Waals surface area contributed by atoms with Crippen LogP contribution in [0.3, 0.4) is 0 Å². The van der Waals surface area contributed by atoms with Crippen LogP contribution in [0.5, 0.6) is 5.75 Å². The van der Waals surface area contributed by atoms with Crippen LogP contribution >= 0.6 is 11.6 Å². The molecule has 0 aromatic heterocycles. The minimum absolute atomic E-state index is 0.145. The van der Waals surface area contributed by atoms with Crippen LogP contribution in [-0.4, -0.2) is 7.11 Å². The molecule has 1 unspecified atom stereocenters. The highest BCUT2D eigenvalue weighted by Gasteiger charge is 2.15. The molecule has 3 heteroatoms. The van der Waals surface area contributed by atoms with Crippen LogP contribution in [0.4, 0.5) is 0 Å². The zero-order valence-corrected chi connectivity index (χ0v) is 13.7. The lowest BCUT2D eigenvalue weighted by Gasteiger charge is -2.20. The van der Waals surface area contributed by atoms with Gasteiger partial charge in [-0.15, -0.1) is 0 Å². The highest BCUT2D eigenvalue weighted by atomic mass is 35.5. The molecule has 0 saturated heterocycles. The quantitative estimate of drug-likeness (QED) is 0.892. The molecule has 0 aliphatic rings. The number of benzene rings is 2. The Morgan fingerprint density at radius 3 is 2.10 bits per heavy atom. The minimum atomic E-state index is -0.190. The summed E-state index contributed by atoms with van der Waals surface area (Å²) in [6, 6.07) is 13.9. The Labute approximate surface area is 131 Å². The molecule has 2 nitrogen and oxygen atoms in total. The van der Waals surface area contributed by atoms with E-state index in [2.05, 4.69) is 45.0 Å². The molecule has 0 fully saturated rings. The number of methoxy groups -OCH3 is 1. The van der Waals surface area contributed by atoms with E-state index in [1.54, 1.807) is 7.11 Å². The van der Waals surface area contributed by atoms with E-state index in [4.69, 9.17) is 22.1 Å². The third-order valence-corrected chi connectivity index (χ3v) is 3.98. The zero-order chi connectivity index (χ0) is 15.6. The third-order valence-electron chi connectivity index (χ3n) is 3.67. The second-order valence-corrected chi connectivity index (χ2v) is 6.65. The molecular weight excluding hydrogens is 282 g/mol. The van der Waals surface area contributed by atoms with Crippen LogP contribution in [-0.2, 0) is 5.41 Å². The molecule has 21 heavy (non-hydrogen) atoms. The van der Waals surface area contributed by atoms with E-state index >= 15 is 0 Å². The molecule has 0 aliphatic carbocycles. The van der Waals surface area contributed by atoms with Crippen LogP contribution in [0.2, 0.25) is 5.02 Å². The van der Waals surface area contributed by atoms with Gasteiger partial charge in [-0.25, -0.2) is 0 Å². The lowest BCUT2D eigenvalue weighted by Crippen LogP contribution is -2.14. The van der Waals surface area contributed by atoms with E-state index in [-0.39, 0.29) is 11.5 Å². The highest BCUT2D eigenvalue weighted by molar-refractivity contribution is 6.32. The molecule has 0 heterocycles. The van der Waals surface area contributed by atoms with Gasteiger partial charge in [0, 0.05) is 0 Å². The number of hydrogen-bond acceptors (Lipinski definition) is 2. The number of hydrogen-bond donors (Lipinski definition) is 1. The molecule has 2 rings (SSSR count). The zero-order valence-electron chi connectivity index (χ0n) is 13.0.